The zero-order valence-corrected chi connectivity index (χ0v) is 15.4. The number of rotatable bonds is 8. The molecule has 1 atom stereocenters. The average molecular weight is 332 g/mol. The lowest BCUT2D eigenvalue weighted by atomic mass is 10.1. The third kappa shape index (κ3) is 7.99. The minimum Gasteiger partial charge on any atom is -0.377 e. The van der Waals surface area contributed by atoms with Gasteiger partial charge in [0.05, 0.1) is 0 Å². The Hall–Kier alpha value is -0.373. The molecular formula is C15H29NO3SSi. The van der Waals surface area contributed by atoms with Crippen LogP contribution in [0.5, 0.6) is 0 Å². The third-order valence-corrected chi connectivity index (χ3v) is 6.36. The van der Waals surface area contributed by atoms with Crippen molar-refractivity contribution in [2.24, 2.45) is 5.73 Å². The summed E-state index contributed by atoms with van der Waals surface area (Å²) >= 11 is 3.92. The smallest absolute Gasteiger partial charge is 0.377 e. The molecule has 4 nitrogen and oxygen atoms in total. The molecule has 0 amide bonds. The lowest BCUT2D eigenvalue weighted by Gasteiger charge is -2.25. The van der Waals surface area contributed by atoms with Gasteiger partial charge in [-0.15, -0.1) is 0 Å². The molecule has 1 rings (SSSR count). The van der Waals surface area contributed by atoms with E-state index in [9.17, 15) is 0 Å². The molecule has 0 radical (unpaired) electrons. The third-order valence-electron chi connectivity index (χ3n) is 3.15. The lowest BCUT2D eigenvalue weighted by Crippen LogP contribution is -2.43. The molecule has 0 heterocycles. The van der Waals surface area contributed by atoms with Crippen molar-refractivity contribution in [2.45, 2.75) is 31.9 Å². The Bertz CT molecular complexity index is 340. The van der Waals surface area contributed by atoms with Crippen molar-refractivity contribution in [3.05, 3.63) is 35.9 Å². The summed E-state index contributed by atoms with van der Waals surface area (Å²) in [4.78, 5) is 0. The molecule has 2 N–H and O–H groups in total. The van der Waals surface area contributed by atoms with Crippen molar-refractivity contribution in [3.63, 3.8) is 0 Å². The number of hydrogen-bond donors (Lipinski definition) is 2. The summed E-state index contributed by atoms with van der Waals surface area (Å²) in [6.45, 7) is 2.10. The number of nitrogens with two attached hydrogens (primary N) is 1. The number of hydrogen-bond acceptors (Lipinski definition) is 5. The highest BCUT2D eigenvalue weighted by molar-refractivity contribution is 7.80. The maximum atomic E-state index is 6.12. The molecule has 21 heavy (non-hydrogen) atoms. The molecule has 0 saturated heterocycles. The van der Waals surface area contributed by atoms with Crippen LogP contribution >= 0.6 is 12.6 Å². The highest BCUT2D eigenvalue weighted by atomic mass is 32.1. The Morgan fingerprint density at radius 2 is 1.57 bits per heavy atom. The standard InChI is InChI=1S/C12H21NO3Si.C3H8S/c1-14-17(15-2,16-3)10-9-12(13)11-7-5-4-6-8-11;1-2-3-4/h4-8,12H,9-10,13H2,1-3H3;4H,2-3H2,1H3. The van der Waals surface area contributed by atoms with E-state index in [-0.39, 0.29) is 6.04 Å². The van der Waals surface area contributed by atoms with Gasteiger partial charge in [-0.3, -0.25) is 0 Å². The van der Waals surface area contributed by atoms with E-state index in [0.29, 0.717) is 6.04 Å². The second kappa shape index (κ2) is 12.2. The van der Waals surface area contributed by atoms with Crippen molar-refractivity contribution >= 4 is 21.4 Å². The van der Waals surface area contributed by atoms with E-state index in [4.69, 9.17) is 19.0 Å². The van der Waals surface area contributed by atoms with Crippen LogP contribution in [-0.2, 0) is 13.3 Å². The monoisotopic (exact) mass is 331 g/mol. The fourth-order valence-electron chi connectivity index (χ4n) is 1.76. The summed E-state index contributed by atoms with van der Waals surface area (Å²) in [6.07, 6.45) is 1.97. The molecule has 0 bridgehead atoms. The summed E-state index contributed by atoms with van der Waals surface area (Å²) < 4.78 is 16.1. The van der Waals surface area contributed by atoms with Crippen LogP contribution < -0.4 is 5.73 Å². The molecule has 1 aromatic rings. The van der Waals surface area contributed by atoms with Gasteiger partial charge >= 0.3 is 8.80 Å². The Morgan fingerprint density at radius 3 is 1.95 bits per heavy atom. The van der Waals surface area contributed by atoms with Crippen LogP contribution in [0.15, 0.2) is 30.3 Å². The summed E-state index contributed by atoms with van der Waals surface area (Å²) in [6, 6.07) is 10.7. The molecule has 1 unspecified atom stereocenters. The van der Waals surface area contributed by atoms with Crippen LogP contribution in [0.2, 0.25) is 6.04 Å². The summed E-state index contributed by atoms with van der Waals surface area (Å²) in [5, 5.41) is 0. The predicted molar refractivity (Wildman–Crippen MR) is 93.7 cm³/mol. The van der Waals surface area contributed by atoms with Gasteiger partial charge in [-0.1, -0.05) is 37.3 Å². The topological polar surface area (TPSA) is 53.7 Å². The molecular weight excluding hydrogens is 302 g/mol. The molecule has 6 heteroatoms. The maximum Gasteiger partial charge on any atom is 0.500 e. The summed E-state index contributed by atoms with van der Waals surface area (Å²) in [5.74, 6) is 1.01. The Morgan fingerprint density at radius 1 is 1.10 bits per heavy atom. The summed E-state index contributed by atoms with van der Waals surface area (Å²) in [5.41, 5.74) is 7.25. The zero-order valence-electron chi connectivity index (χ0n) is 13.5. The Balaban J connectivity index is 0.000000885. The molecule has 0 saturated carbocycles. The van der Waals surface area contributed by atoms with E-state index >= 15 is 0 Å². The second-order valence-electron chi connectivity index (χ2n) is 4.57. The van der Waals surface area contributed by atoms with Gasteiger partial charge in [-0.25, -0.2) is 0 Å². The average Bonchev–Trinajstić information content (AvgIpc) is 2.57. The van der Waals surface area contributed by atoms with Gasteiger partial charge in [-0.2, -0.15) is 12.6 Å². The first-order valence-corrected chi connectivity index (χ1v) is 9.72. The number of thiol groups is 1. The van der Waals surface area contributed by atoms with Crippen molar-refractivity contribution in [1.29, 1.82) is 0 Å². The normalized spacial score (nSPS) is 12.5. The van der Waals surface area contributed by atoms with Gasteiger partial charge in [0.25, 0.3) is 0 Å². The van der Waals surface area contributed by atoms with Crippen molar-refractivity contribution in [2.75, 3.05) is 27.1 Å². The van der Waals surface area contributed by atoms with Gasteiger partial charge in [-0.05, 0) is 24.2 Å². The van der Waals surface area contributed by atoms with E-state index in [0.717, 1.165) is 17.7 Å². The predicted octanol–water partition coefficient (Wildman–Crippen LogP) is 3.28. The fraction of sp³-hybridized carbons (Fsp3) is 0.600. The van der Waals surface area contributed by atoms with Crippen LogP contribution in [-0.4, -0.2) is 35.9 Å². The van der Waals surface area contributed by atoms with E-state index in [1.807, 2.05) is 30.3 Å². The van der Waals surface area contributed by atoms with Gasteiger partial charge < -0.3 is 19.0 Å². The first kappa shape index (κ1) is 20.6. The summed E-state index contributed by atoms with van der Waals surface area (Å²) in [7, 11) is 2.36. The number of benzene rings is 1. The molecule has 0 aliphatic rings. The molecule has 122 valence electrons. The van der Waals surface area contributed by atoms with Gasteiger partial charge in [0.2, 0.25) is 0 Å². The van der Waals surface area contributed by atoms with Gasteiger partial charge in [0.1, 0.15) is 0 Å². The van der Waals surface area contributed by atoms with Gasteiger partial charge in [0, 0.05) is 33.4 Å². The van der Waals surface area contributed by atoms with Crippen LogP contribution in [0.1, 0.15) is 31.4 Å². The SMILES string of the molecule is CCCS.CO[Si](CCC(N)c1ccccc1)(OC)OC. The first-order valence-electron chi connectivity index (χ1n) is 7.15. The van der Waals surface area contributed by atoms with Crippen molar-refractivity contribution < 1.29 is 13.3 Å². The fourth-order valence-corrected chi connectivity index (χ4v) is 3.53. The zero-order chi connectivity index (χ0) is 16.1. The largest absolute Gasteiger partial charge is 0.500 e. The molecule has 0 spiro atoms. The maximum absolute atomic E-state index is 6.12. The van der Waals surface area contributed by atoms with E-state index in [2.05, 4.69) is 19.6 Å². The van der Waals surface area contributed by atoms with Crippen molar-refractivity contribution in [3.8, 4) is 0 Å². The quantitative estimate of drug-likeness (QED) is 0.567. The lowest BCUT2D eigenvalue weighted by molar-refractivity contribution is 0.122. The van der Waals surface area contributed by atoms with Crippen molar-refractivity contribution in [1.82, 2.24) is 0 Å². The highest BCUT2D eigenvalue weighted by Crippen LogP contribution is 2.22. The van der Waals surface area contributed by atoms with Crippen LogP contribution in [0.3, 0.4) is 0 Å². The second-order valence-corrected chi connectivity index (χ2v) is 8.11. The molecule has 0 aliphatic heterocycles. The van der Waals surface area contributed by atoms with Crippen LogP contribution in [0.25, 0.3) is 0 Å². The molecule has 0 aromatic heterocycles. The van der Waals surface area contributed by atoms with Crippen LogP contribution in [0.4, 0.5) is 0 Å². The minimum absolute atomic E-state index is 0.0106. The Kier molecular flexibility index (Phi) is 12.0. The molecule has 0 fully saturated rings. The van der Waals surface area contributed by atoms with Crippen LogP contribution in [0, 0.1) is 0 Å². The van der Waals surface area contributed by atoms with E-state index in [1.54, 1.807) is 21.3 Å². The van der Waals surface area contributed by atoms with E-state index in [1.165, 1.54) is 6.42 Å². The minimum atomic E-state index is -2.49. The Labute approximate surface area is 135 Å². The first-order chi connectivity index (χ1) is 10.1. The molecule has 1 aromatic carbocycles. The van der Waals surface area contributed by atoms with E-state index < -0.39 is 8.80 Å². The highest BCUT2D eigenvalue weighted by Gasteiger charge is 2.37. The van der Waals surface area contributed by atoms with Gasteiger partial charge in [0.15, 0.2) is 0 Å². The molecule has 0 aliphatic carbocycles.